The smallest absolute Gasteiger partial charge is 0.335 e. The van der Waals surface area contributed by atoms with E-state index in [1.807, 2.05) is 0 Å². The predicted octanol–water partition coefficient (Wildman–Crippen LogP) is 1.32. The number of likely N-dealkylation sites (tertiary alicyclic amines) is 1. The van der Waals surface area contributed by atoms with Gasteiger partial charge in [0.15, 0.2) is 0 Å². The van der Waals surface area contributed by atoms with E-state index in [2.05, 4.69) is 4.90 Å². The zero-order chi connectivity index (χ0) is 17.3. The van der Waals surface area contributed by atoms with Crippen LogP contribution in [0.1, 0.15) is 22.3 Å². The second-order valence-electron chi connectivity index (χ2n) is 6.50. The molecular weight excluding hydrogens is 314 g/mol. The van der Waals surface area contributed by atoms with Gasteiger partial charge < -0.3 is 19.7 Å². The molecule has 3 rings (SSSR count). The topological polar surface area (TPSA) is 96.3 Å². The van der Waals surface area contributed by atoms with E-state index >= 15 is 0 Å². The lowest BCUT2D eigenvalue weighted by Gasteiger charge is -2.34. The molecule has 0 radical (unpaired) electrons. The van der Waals surface area contributed by atoms with E-state index in [9.17, 15) is 14.7 Å². The molecule has 2 atom stereocenters. The lowest BCUT2D eigenvalue weighted by Crippen LogP contribution is -2.46. The summed E-state index contributed by atoms with van der Waals surface area (Å²) in [5.41, 5.74) is 0.0757. The van der Waals surface area contributed by atoms with Crippen molar-refractivity contribution < 1.29 is 29.3 Å². The summed E-state index contributed by atoms with van der Waals surface area (Å²) in [6.07, 6.45) is 0.731. The van der Waals surface area contributed by atoms with Crippen LogP contribution < -0.4 is 4.74 Å². The molecule has 0 aliphatic carbocycles. The Hall–Kier alpha value is -2.12. The fraction of sp³-hybridized carbons (Fsp3) is 0.529. The Morgan fingerprint density at radius 3 is 2.83 bits per heavy atom. The average molecular weight is 335 g/mol. The summed E-state index contributed by atoms with van der Waals surface area (Å²) >= 11 is 0. The predicted molar refractivity (Wildman–Crippen MR) is 84.2 cm³/mol. The Bertz CT molecular complexity index is 660. The van der Waals surface area contributed by atoms with Crippen LogP contribution in [-0.2, 0) is 16.1 Å². The summed E-state index contributed by atoms with van der Waals surface area (Å²) in [5, 5.41) is 18.9. The summed E-state index contributed by atoms with van der Waals surface area (Å²) in [6.45, 7) is 2.33. The third-order valence-corrected chi connectivity index (χ3v) is 5.08. The first-order valence-electron chi connectivity index (χ1n) is 7.90. The molecule has 24 heavy (non-hydrogen) atoms. The molecule has 130 valence electrons. The summed E-state index contributed by atoms with van der Waals surface area (Å²) in [5.74, 6) is -1.15. The number of carbonyl (C=O) groups is 2. The number of carboxylic acid groups (broad SMARTS) is 2. The number of aromatic carboxylic acids is 1. The number of nitrogens with zero attached hydrogens (tertiary/aromatic N) is 1. The van der Waals surface area contributed by atoms with Gasteiger partial charge in [-0.2, -0.15) is 0 Å². The van der Waals surface area contributed by atoms with Gasteiger partial charge in [0.1, 0.15) is 11.2 Å². The number of benzene rings is 1. The van der Waals surface area contributed by atoms with Crippen LogP contribution in [0, 0.1) is 11.3 Å². The lowest BCUT2D eigenvalue weighted by atomic mass is 9.76. The van der Waals surface area contributed by atoms with Crippen LogP contribution in [0.25, 0.3) is 0 Å². The standard InChI is InChI=1S/C17H21NO6/c1-23-14-3-2-11(15(19)20)6-12(14)7-18-8-13-4-5-24-10-17(13,9-18)16(21)22/h2-3,6,13H,4-5,7-10H2,1H3,(H,19,20)(H,21,22)/t13-,17+/m0/s1. The maximum atomic E-state index is 11.8. The first kappa shape index (κ1) is 16.7. The number of carboxylic acids is 2. The van der Waals surface area contributed by atoms with Crippen LogP contribution in [0.3, 0.4) is 0 Å². The number of hydrogen-bond donors (Lipinski definition) is 2. The first-order chi connectivity index (χ1) is 11.5. The quantitative estimate of drug-likeness (QED) is 0.837. The molecule has 0 aromatic heterocycles. The number of hydrogen-bond acceptors (Lipinski definition) is 5. The van der Waals surface area contributed by atoms with Crippen LogP contribution in [-0.4, -0.2) is 60.5 Å². The highest BCUT2D eigenvalue weighted by Gasteiger charge is 2.54. The third kappa shape index (κ3) is 2.85. The minimum Gasteiger partial charge on any atom is -0.496 e. The van der Waals surface area contributed by atoms with Crippen LogP contribution in [0.15, 0.2) is 18.2 Å². The molecule has 7 nitrogen and oxygen atoms in total. The SMILES string of the molecule is COc1ccc(C(=O)O)cc1CN1C[C@@H]2CCOC[C@]2(C(=O)O)C1. The van der Waals surface area contributed by atoms with Gasteiger partial charge in [-0.25, -0.2) is 4.79 Å². The summed E-state index contributed by atoms with van der Waals surface area (Å²) in [6, 6.07) is 4.73. The van der Waals surface area contributed by atoms with Crippen molar-refractivity contribution in [3.8, 4) is 5.75 Å². The molecule has 1 aromatic rings. The molecule has 0 unspecified atom stereocenters. The Kier molecular flexibility index (Phi) is 4.47. The van der Waals surface area contributed by atoms with Crippen molar-refractivity contribution in [3.05, 3.63) is 29.3 Å². The summed E-state index contributed by atoms with van der Waals surface area (Å²) in [4.78, 5) is 25.1. The highest BCUT2D eigenvalue weighted by atomic mass is 16.5. The van der Waals surface area contributed by atoms with Crippen LogP contribution in [0.2, 0.25) is 0 Å². The Labute approximate surface area is 139 Å². The zero-order valence-corrected chi connectivity index (χ0v) is 13.5. The van der Waals surface area contributed by atoms with E-state index in [1.165, 1.54) is 13.2 Å². The molecule has 2 aliphatic rings. The molecule has 2 saturated heterocycles. The maximum Gasteiger partial charge on any atom is 0.335 e. The second kappa shape index (κ2) is 6.41. The average Bonchev–Trinajstić information content (AvgIpc) is 2.94. The maximum absolute atomic E-state index is 11.8. The van der Waals surface area contributed by atoms with Gasteiger partial charge in [-0.3, -0.25) is 9.69 Å². The van der Waals surface area contributed by atoms with E-state index in [4.69, 9.17) is 14.6 Å². The highest BCUT2D eigenvalue weighted by molar-refractivity contribution is 5.88. The van der Waals surface area contributed by atoms with Crippen molar-refractivity contribution in [1.82, 2.24) is 4.90 Å². The number of methoxy groups -OCH3 is 1. The molecule has 0 saturated carbocycles. The van der Waals surface area contributed by atoms with Crippen LogP contribution in [0.4, 0.5) is 0 Å². The zero-order valence-electron chi connectivity index (χ0n) is 13.5. The Balaban J connectivity index is 1.83. The van der Waals surface area contributed by atoms with Crippen molar-refractivity contribution in [1.29, 1.82) is 0 Å². The minimum atomic E-state index is -0.996. The molecule has 7 heteroatoms. The van der Waals surface area contributed by atoms with Crippen molar-refractivity contribution >= 4 is 11.9 Å². The number of ether oxygens (including phenoxy) is 2. The van der Waals surface area contributed by atoms with E-state index in [-0.39, 0.29) is 18.1 Å². The van der Waals surface area contributed by atoms with Crippen molar-refractivity contribution in [2.45, 2.75) is 13.0 Å². The fourth-order valence-corrected chi connectivity index (χ4v) is 3.79. The van der Waals surface area contributed by atoms with Gasteiger partial charge in [0, 0.05) is 31.8 Å². The second-order valence-corrected chi connectivity index (χ2v) is 6.50. The van der Waals surface area contributed by atoms with Crippen LogP contribution in [0.5, 0.6) is 5.75 Å². The molecule has 2 aliphatic heterocycles. The normalized spacial score (nSPS) is 26.8. The van der Waals surface area contributed by atoms with E-state index in [1.54, 1.807) is 12.1 Å². The van der Waals surface area contributed by atoms with Gasteiger partial charge in [-0.05, 0) is 30.5 Å². The summed E-state index contributed by atoms with van der Waals surface area (Å²) in [7, 11) is 1.54. The van der Waals surface area contributed by atoms with Gasteiger partial charge in [0.25, 0.3) is 0 Å². The summed E-state index contributed by atoms with van der Waals surface area (Å²) < 4.78 is 10.8. The van der Waals surface area contributed by atoms with Gasteiger partial charge in [0.05, 0.1) is 19.3 Å². The van der Waals surface area contributed by atoms with E-state index in [0.29, 0.717) is 32.0 Å². The fourth-order valence-electron chi connectivity index (χ4n) is 3.79. The number of fused-ring (bicyclic) bond motifs is 1. The number of aliphatic carboxylic acids is 1. The van der Waals surface area contributed by atoms with Crippen molar-refractivity contribution in [3.63, 3.8) is 0 Å². The van der Waals surface area contributed by atoms with Gasteiger partial charge in [-0.1, -0.05) is 0 Å². The minimum absolute atomic E-state index is 0.0531. The third-order valence-electron chi connectivity index (χ3n) is 5.08. The first-order valence-corrected chi connectivity index (χ1v) is 7.90. The van der Waals surface area contributed by atoms with Crippen molar-refractivity contribution in [2.24, 2.45) is 11.3 Å². The molecule has 0 amide bonds. The molecule has 2 N–H and O–H groups in total. The molecule has 2 fully saturated rings. The van der Waals surface area contributed by atoms with E-state index < -0.39 is 17.4 Å². The molecule has 2 heterocycles. The monoisotopic (exact) mass is 335 g/mol. The van der Waals surface area contributed by atoms with Gasteiger partial charge in [-0.15, -0.1) is 0 Å². The number of rotatable bonds is 5. The van der Waals surface area contributed by atoms with Crippen LogP contribution >= 0.6 is 0 Å². The Morgan fingerprint density at radius 1 is 1.42 bits per heavy atom. The molecule has 1 aromatic carbocycles. The highest BCUT2D eigenvalue weighted by Crippen LogP contribution is 2.42. The molecular formula is C17H21NO6. The van der Waals surface area contributed by atoms with Crippen molar-refractivity contribution in [2.75, 3.05) is 33.4 Å². The van der Waals surface area contributed by atoms with Gasteiger partial charge >= 0.3 is 11.9 Å². The van der Waals surface area contributed by atoms with Gasteiger partial charge in [0.2, 0.25) is 0 Å². The molecule has 0 spiro atoms. The Morgan fingerprint density at radius 2 is 2.21 bits per heavy atom. The van der Waals surface area contributed by atoms with E-state index in [0.717, 1.165) is 12.0 Å². The lowest BCUT2D eigenvalue weighted by molar-refractivity contribution is -0.159. The largest absolute Gasteiger partial charge is 0.496 e. The molecule has 0 bridgehead atoms.